The summed E-state index contributed by atoms with van der Waals surface area (Å²) in [5, 5.41) is 1.01. The van der Waals surface area contributed by atoms with E-state index in [0.29, 0.717) is 33.3 Å². The van der Waals surface area contributed by atoms with Gasteiger partial charge < -0.3 is 4.74 Å². The molecule has 0 N–H and O–H groups in total. The third kappa shape index (κ3) is 2.31. The molecule has 97 valence electrons. The number of hydrogen-bond acceptors (Lipinski definition) is 1. The van der Waals surface area contributed by atoms with Crippen LogP contribution in [-0.2, 0) is 6.42 Å². The lowest BCUT2D eigenvalue weighted by atomic mass is 10.0. The lowest BCUT2D eigenvalue weighted by molar-refractivity contribution is 0.282. The molecule has 2 aromatic rings. The highest BCUT2D eigenvalue weighted by molar-refractivity contribution is 6.36. The smallest absolute Gasteiger partial charge is 0.131 e. The quantitative estimate of drug-likeness (QED) is 0.724. The number of fused-ring (bicyclic) bond motifs is 1. The van der Waals surface area contributed by atoms with Crippen LogP contribution in [0.3, 0.4) is 0 Å². The zero-order valence-corrected chi connectivity index (χ0v) is 11.4. The second kappa shape index (κ2) is 4.69. The first-order valence-electron chi connectivity index (χ1n) is 5.82. The molecule has 2 aromatic carbocycles. The van der Waals surface area contributed by atoms with E-state index < -0.39 is 0 Å². The first-order chi connectivity index (χ1) is 9.04. The molecule has 0 spiro atoms. The Labute approximate surface area is 120 Å². The summed E-state index contributed by atoms with van der Waals surface area (Å²) in [6, 6.07) is 8.02. The van der Waals surface area contributed by atoms with Crippen LogP contribution in [0.5, 0.6) is 5.75 Å². The number of benzene rings is 2. The molecule has 1 radical (unpaired) electrons. The summed E-state index contributed by atoms with van der Waals surface area (Å²) in [6.45, 7) is 3.85. The van der Waals surface area contributed by atoms with Crippen LogP contribution in [0.4, 0.5) is 4.39 Å². The van der Waals surface area contributed by atoms with E-state index in [9.17, 15) is 4.39 Å². The predicted octanol–water partition coefficient (Wildman–Crippen LogP) is 4.94. The molecule has 1 unspecified atom stereocenters. The van der Waals surface area contributed by atoms with Crippen LogP contribution in [0.1, 0.15) is 5.56 Å². The summed E-state index contributed by atoms with van der Waals surface area (Å²) in [7, 11) is 0. The van der Waals surface area contributed by atoms with Gasteiger partial charge in [-0.15, -0.1) is 0 Å². The monoisotopic (exact) mass is 295 g/mol. The fourth-order valence-corrected chi connectivity index (χ4v) is 2.81. The molecule has 1 heterocycles. The molecule has 0 aromatic heterocycles. The highest BCUT2D eigenvalue weighted by Gasteiger charge is 2.24. The van der Waals surface area contributed by atoms with Crippen molar-refractivity contribution in [1.29, 1.82) is 0 Å². The van der Waals surface area contributed by atoms with Gasteiger partial charge in [0, 0.05) is 28.1 Å². The topological polar surface area (TPSA) is 9.23 Å². The Bertz CT molecular complexity index is 655. The van der Waals surface area contributed by atoms with Crippen molar-refractivity contribution in [2.45, 2.75) is 12.5 Å². The summed E-state index contributed by atoms with van der Waals surface area (Å²) >= 11 is 12.1. The van der Waals surface area contributed by atoms with Gasteiger partial charge in [-0.05, 0) is 31.2 Å². The maximum Gasteiger partial charge on any atom is 0.131 e. The van der Waals surface area contributed by atoms with E-state index in [0.717, 1.165) is 5.56 Å². The van der Waals surface area contributed by atoms with E-state index in [4.69, 9.17) is 27.9 Å². The van der Waals surface area contributed by atoms with E-state index in [1.807, 2.05) is 0 Å². The van der Waals surface area contributed by atoms with Crippen LogP contribution in [-0.4, -0.2) is 6.10 Å². The molecule has 0 saturated heterocycles. The Balaban J connectivity index is 2.21. The fraction of sp³-hybridized carbons (Fsp3) is 0.133. The Morgan fingerprint density at radius 1 is 1.16 bits per heavy atom. The number of ether oxygens (including phenoxy) is 1. The lowest BCUT2D eigenvalue weighted by Crippen LogP contribution is -2.06. The predicted molar refractivity (Wildman–Crippen MR) is 75.3 cm³/mol. The van der Waals surface area contributed by atoms with Crippen LogP contribution in [0.15, 0.2) is 30.3 Å². The van der Waals surface area contributed by atoms with Crippen molar-refractivity contribution in [3.8, 4) is 16.9 Å². The number of hydrogen-bond donors (Lipinski definition) is 0. The van der Waals surface area contributed by atoms with Gasteiger partial charge in [0.15, 0.2) is 0 Å². The maximum atomic E-state index is 13.7. The molecule has 1 atom stereocenters. The summed E-state index contributed by atoms with van der Waals surface area (Å²) < 4.78 is 19.4. The average Bonchev–Trinajstić information content (AvgIpc) is 2.68. The molecule has 1 nitrogen and oxygen atoms in total. The average molecular weight is 296 g/mol. The molecule has 19 heavy (non-hydrogen) atoms. The minimum absolute atomic E-state index is 0.193. The molecule has 1 aliphatic heterocycles. The van der Waals surface area contributed by atoms with E-state index in [1.165, 1.54) is 12.1 Å². The van der Waals surface area contributed by atoms with E-state index in [2.05, 4.69) is 6.92 Å². The number of rotatable bonds is 1. The molecule has 0 fully saturated rings. The maximum absolute atomic E-state index is 13.7. The van der Waals surface area contributed by atoms with Crippen molar-refractivity contribution in [3.05, 3.63) is 58.7 Å². The fourth-order valence-electron chi connectivity index (χ4n) is 2.30. The molecule has 0 bridgehead atoms. The Hall–Kier alpha value is -1.25. The van der Waals surface area contributed by atoms with Crippen molar-refractivity contribution < 1.29 is 9.13 Å². The summed E-state index contributed by atoms with van der Waals surface area (Å²) in [5.74, 6) is 0.350. The van der Waals surface area contributed by atoms with Crippen molar-refractivity contribution in [2.75, 3.05) is 0 Å². The lowest BCUT2D eigenvalue weighted by Gasteiger charge is -2.11. The van der Waals surface area contributed by atoms with Crippen LogP contribution in [0.2, 0.25) is 10.0 Å². The van der Waals surface area contributed by atoms with Gasteiger partial charge in [-0.2, -0.15) is 0 Å². The van der Waals surface area contributed by atoms with Crippen molar-refractivity contribution >= 4 is 23.2 Å². The molecule has 0 aliphatic carbocycles. The van der Waals surface area contributed by atoms with Crippen LogP contribution >= 0.6 is 23.2 Å². The van der Waals surface area contributed by atoms with Gasteiger partial charge in [0.25, 0.3) is 0 Å². The van der Waals surface area contributed by atoms with Gasteiger partial charge in [0.1, 0.15) is 17.7 Å². The third-order valence-electron chi connectivity index (χ3n) is 3.08. The van der Waals surface area contributed by atoms with Crippen molar-refractivity contribution in [2.24, 2.45) is 0 Å². The first-order valence-corrected chi connectivity index (χ1v) is 6.58. The Kier molecular flexibility index (Phi) is 3.15. The molecular weight excluding hydrogens is 286 g/mol. The summed E-state index contributed by atoms with van der Waals surface area (Å²) in [4.78, 5) is 0. The standard InChI is InChI=1S/C15H10Cl2FO/c1-8-4-9-5-11(18)7-13(15(9)19-8)12-3-2-10(16)6-14(12)17/h2-3,5-8H,1,4H2. The van der Waals surface area contributed by atoms with E-state index >= 15 is 0 Å². The number of halogens is 3. The largest absolute Gasteiger partial charge is 0.489 e. The van der Waals surface area contributed by atoms with Crippen LogP contribution in [0.25, 0.3) is 11.1 Å². The van der Waals surface area contributed by atoms with Gasteiger partial charge >= 0.3 is 0 Å². The van der Waals surface area contributed by atoms with E-state index in [1.54, 1.807) is 18.2 Å². The molecule has 0 saturated carbocycles. The van der Waals surface area contributed by atoms with Gasteiger partial charge in [-0.1, -0.05) is 29.3 Å². The second-order valence-corrected chi connectivity index (χ2v) is 5.35. The Morgan fingerprint density at radius 2 is 1.95 bits per heavy atom. The van der Waals surface area contributed by atoms with Gasteiger partial charge in [-0.25, -0.2) is 4.39 Å². The van der Waals surface area contributed by atoms with Crippen LogP contribution in [0, 0.1) is 12.7 Å². The van der Waals surface area contributed by atoms with E-state index in [-0.39, 0.29) is 11.9 Å². The molecule has 3 rings (SSSR count). The molecular formula is C15H10Cl2FO. The first kappa shape index (κ1) is 12.8. The van der Waals surface area contributed by atoms with Gasteiger partial charge in [0.05, 0.1) is 5.02 Å². The zero-order chi connectivity index (χ0) is 13.6. The highest BCUT2D eigenvalue weighted by Crippen LogP contribution is 2.42. The Morgan fingerprint density at radius 3 is 2.68 bits per heavy atom. The molecule has 1 aliphatic rings. The van der Waals surface area contributed by atoms with Crippen molar-refractivity contribution in [1.82, 2.24) is 0 Å². The molecule has 4 heteroatoms. The minimum atomic E-state index is -0.308. The third-order valence-corrected chi connectivity index (χ3v) is 3.63. The normalized spacial score (nSPS) is 17.2. The SMILES string of the molecule is [CH2]C1Cc2cc(F)cc(-c3ccc(Cl)cc3Cl)c2O1. The summed E-state index contributed by atoms with van der Waals surface area (Å²) in [6.07, 6.45) is 0.410. The highest BCUT2D eigenvalue weighted by atomic mass is 35.5. The second-order valence-electron chi connectivity index (χ2n) is 4.51. The van der Waals surface area contributed by atoms with Gasteiger partial charge in [0.2, 0.25) is 0 Å². The molecule has 0 amide bonds. The van der Waals surface area contributed by atoms with Crippen molar-refractivity contribution in [3.63, 3.8) is 0 Å². The summed E-state index contributed by atoms with van der Waals surface area (Å²) in [5.41, 5.74) is 2.17. The zero-order valence-electron chi connectivity index (χ0n) is 9.92. The minimum Gasteiger partial charge on any atom is -0.489 e. The van der Waals surface area contributed by atoms with Gasteiger partial charge in [-0.3, -0.25) is 0 Å². The van der Waals surface area contributed by atoms with Crippen LogP contribution < -0.4 is 4.74 Å².